The van der Waals surface area contributed by atoms with Gasteiger partial charge in [0.1, 0.15) is 0 Å². The number of aryl methyl sites for hydroxylation is 1. The van der Waals surface area contributed by atoms with E-state index in [1.165, 1.54) is 0 Å². The Morgan fingerprint density at radius 1 is 1.24 bits per heavy atom. The Balaban J connectivity index is 2.17. The fourth-order valence-corrected chi connectivity index (χ4v) is 1.41. The molecule has 2 heterocycles. The van der Waals surface area contributed by atoms with E-state index in [4.69, 9.17) is 10.5 Å². The topological polar surface area (TPSA) is 61.0 Å². The van der Waals surface area contributed by atoms with Gasteiger partial charge in [-0.3, -0.25) is 4.98 Å². The molecule has 0 aliphatic carbocycles. The molecule has 0 saturated carbocycles. The quantitative estimate of drug-likeness (QED) is 0.878. The van der Waals surface area contributed by atoms with E-state index in [9.17, 15) is 0 Å². The summed E-state index contributed by atoms with van der Waals surface area (Å²) in [6.07, 6.45) is 3.46. The molecule has 2 N–H and O–H groups in total. The second-order valence-corrected chi connectivity index (χ2v) is 3.91. The van der Waals surface area contributed by atoms with Crippen LogP contribution in [0.2, 0.25) is 0 Å². The van der Waals surface area contributed by atoms with Crippen LogP contribution in [0.5, 0.6) is 11.6 Å². The Labute approximate surface area is 100 Å². The Kier molecular flexibility index (Phi) is 3.35. The van der Waals surface area contributed by atoms with Crippen LogP contribution >= 0.6 is 0 Å². The largest absolute Gasteiger partial charge is 0.437 e. The van der Waals surface area contributed by atoms with Crippen LogP contribution in [0, 0.1) is 6.92 Å². The number of aromatic nitrogens is 2. The molecule has 0 aliphatic heterocycles. The summed E-state index contributed by atoms with van der Waals surface area (Å²) in [4.78, 5) is 8.35. The van der Waals surface area contributed by atoms with Gasteiger partial charge in [0.25, 0.3) is 0 Å². The van der Waals surface area contributed by atoms with E-state index in [-0.39, 0.29) is 6.04 Å². The number of hydrogen-bond acceptors (Lipinski definition) is 4. The van der Waals surface area contributed by atoms with Crippen molar-refractivity contribution in [3.63, 3.8) is 0 Å². The summed E-state index contributed by atoms with van der Waals surface area (Å²) in [6.45, 7) is 3.81. The maximum absolute atomic E-state index is 5.75. The molecule has 0 bridgehead atoms. The monoisotopic (exact) mass is 229 g/mol. The summed E-state index contributed by atoms with van der Waals surface area (Å²) in [6, 6.07) is 7.41. The van der Waals surface area contributed by atoms with Crippen LogP contribution in [0.25, 0.3) is 0 Å². The Morgan fingerprint density at radius 3 is 2.65 bits per heavy atom. The highest BCUT2D eigenvalue weighted by Gasteiger charge is 2.04. The number of rotatable bonds is 3. The summed E-state index contributed by atoms with van der Waals surface area (Å²) < 4.78 is 5.63. The third-order valence-corrected chi connectivity index (χ3v) is 2.46. The molecule has 2 rings (SSSR count). The maximum atomic E-state index is 5.75. The first-order valence-corrected chi connectivity index (χ1v) is 5.48. The molecular formula is C13H15N3O. The van der Waals surface area contributed by atoms with E-state index < -0.39 is 0 Å². The van der Waals surface area contributed by atoms with Crippen molar-refractivity contribution in [1.29, 1.82) is 0 Å². The normalized spacial score (nSPS) is 12.2. The highest BCUT2D eigenvalue weighted by Crippen LogP contribution is 2.22. The van der Waals surface area contributed by atoms with Gasteiger partial charge in [-0.1, -0.05) is 6.07 Å². The van der Waals surface area contributed by atoms with Crippen molar-refractivity contribution in [2.75, 3.05) is 0 Å². The zero-order valence-electron chi connectivity index (χ0n) is 9.92. The molecule has 0 unspecified atom stereocenters. The molecule has 0 aromatic carbocycles. The van der Waals surface area contributed by atoms with Crippen molar-refractivity contribution in [1.82, 2.24) is 9.97 Å². The van der Waals surface area contributed by atoms with E-state index in [0.29, 0.717) is 11.6 Å². The number of nitrogens with zero attached hydrogens (tertiary/aromatic N) is 2. The zero-order valence-corrected chi connectivity index (χ0v) is 9.92. The maximum Gasteiger partial charge on any atom is 0.219 e. The van der Waals surface area contributed by atoms with Gasteiger partial charge < -0.3 is 10.5 Å². The zero-order chi connectivity index (χ0) is 12.3. The molecule has 0 saturated heterocycles. The molecule has 0 spiro atoms. The second kappa shape index (κ2) is 4.93. The standard InChI is InChI=1S/C13H15N3O/c1-9(14)11-5-6-13(16-8-11)17-12-4-3-7-15-10(12)2/h3-9H,14H2,1-2H3/t9-/m1/s1. The Hall–Kier alpha value is -1.94. The predicted octanol–water partition coefficient (Wildman–Crippen LogP) is 2.60. The number of nitrogens with two attached hydrogens (primary N) is 1. The number of pyridine rings is 2. The fourth-order valence-electron chi connectivity index (χ4n) is 1.41. The third-order valence-electron chi connectivity index (χ3n) is 2.46. The molecule has 88 valence electrons. The van der Waals surface area contributed by atoms with Crippen molar-refractivity contribution in [3.05, 3.63) is 47.9 Å². The Morgan fingerprint density at radius 2 is 2.06 bits per heavy atom. The van der Waals surface area contributed by atoms with Gasteiger partial charge in [-0.2, -0.15) is 0 Å². The molecule has 4 nitrogen and oxygen atoms in total. The first-order chi connectivity index (χ1) is 8.16. The molecule has 2 aromatic rings. The smallest absolute Gasteiger partial charge is 0.219 e. The first kappa shape index (κ1) is 11.5. The minimum Gasteiger partial charge on any atom is -0.437 e. The highest BCUT2D eigenvalue weighted by atomic mass is 16.5. The summed E-state index contributed by atoms with van der Waals surface area (Å²) in [5.74, 6) is 1.26. The predicted molar refractivity (Wildman–Crippen MR) is 65.9 cm³/mol. The highest BCUT2D eigenvalue weighted by molar-refractivity contribution is 5.30. The first-order valence-electron chi connectivity index (χ1n) is 5.48. The minimum atomic E-state index is -0.0170. The minimum absolute atomic E-state index is 0.0170. The van der Waals surface area contributed by atoms with Gasteiger partial charge in [-0.25, -0.2) is 4.98 Å². The lowest BCUT2D eigenvalue weighted by atomic mass is 10.2. The number of hydrogen-bond donors (Lipinski definition) is 1. The van der Waals surface area contributed by atoms with E-state index >= 15 is 0 Å². The molecule has 2 aromatic heterocycles. The second-order valence-electron chi connectivity index (χ2n) is 3.91. The van der Waals surface area contributed by atoms with Crippen molar-refractivity contribution in [2.24, 2.45) is 5.73 Å². The van der Waals surface area contributed by atoms with Crippen LogP contribution in [-0.4, -0.2) is 9.97 Å². The van der Waals surface area contributed by atoms with Crippen LogP contribution in [-0.2, 0) is 0 Å². The molecule has 4 heteroatoms. The lowest BCUT2D eigenvalue weighted by Gasteiger charge is -2.08. The molecule has 1 atom stereocenters. The van der Waals surface area contributed by atoms with Crippen molar-refractivity contribution >= 4 is 0 Å². The summed E-state index contributed by atoms with van der Waals surface area (Å²) in [5.41, 5.74) is 7.57. The van der Waals surface area contributed by atoms with E-state index in [1.54, 1.807) is 12.4 Å². The average molecular weight is 229 g/mol. The van der Waals surface area contributed by atoms with Crippen LogP contribution in [0.4, 0.5) is 0 Å². The molecule has 17 heavy (non-hydrogen) atoms. The summed E-state index contributed by atoms with van der Waals surface area (Å²) >= 11 is 0. The van der Waals surface area contributed by atoms with Gasteiger partial charge in [-0.05, 0) is 31.5 Å². The number of ether oxygens (including phenoxy) is 1. The van der Waals surface area contributed by atoms with E-state index in [0.717, 1.165) is 11.3 Å². The SMILES string of the molecule is Cc1ncccc1Oc1ccc([C@@H](C)N)cn1. The fraction of sp³-hybridized carbons (Fsp3) is 0.231. The lowest BCUT2D eigenvalue weighted by Crippen LogP contribution is -2.05. The van der Waals surface area contributed by atoms with Crippen LogP contribution in [0.1, 0.15) is 24.2 Å². The van der Waals surface area contributed by atoms with Gasteiger partial charge in [0, 0.05) is 24.5 Å². The van der Waals surface area contributed by atoms with E-state index in [1.807, 2.05) is 38.1 Å². The molecular weight excluding hydrogens is 214 g/mol. The molecule has 0 aliphatic rings. The van der Waals surface area contributed by atoms with Gasteiger partial charge in [-0.15, -0.1) is 0 Å². The lowest BCUT2D eigenvalue weighted by molar-refractivity contribution is 0.456. The van der Waals surface area contributed by atoms with Crippen molar-refractivity contribution in [3.8, 4) is 11.6 Å². The molecule has 0 radical (unpaired) electrons. The van der Waals surface area contributed by atoms with Crippen molar-refractivity contribution in [2.45, 2.75) is 19.9 Å². The summed E-state index contributed by atoms with van der Waals surface area (Å²) in [7, 11) is 0. The average Bonchev–Trinajstić information content (AvgIpc) is 2.33. The Bertz CT molecular complexity index is 494. The molecule has 0 fully saturated rings. The van der Waals surface area contributed by atoms with Crippen LogP contribution in [0.15, 0.2) is 36.7 Å². The van der Waals surface area contributed by atoms with Gasteiger partial charge in [0.15, 0.2) is 5.75 Å². The van der Waals surface area contributed by atoms with Gasteiger partial charge in [0.2, 0.25) is 5.88 Å². The van der Waals surface area contributed by atoms with Gasteiger partial charge >= 0.3 is 0 Å². The third kappa shape index (κ3) is 2.79. The van der Waals surface area contributed by atoms with Crippen LogP contribution < -0.4 is 10.5 Å². The molecule has 0 amide bonds. The van der Waals surface area contributed by atoms with Crippen molar-refractivity contribution < 1.29 is 4.74 Å². The van der Waals surface area contributed by atoms with Crippen LogP contribution in [0.3, 0.4) is 0 Å². The summed E-state index contributed by atoms with van der Waals surface area (Å²) in [5, 5.41) is 0. The van der Waals surface area contributed by atoms with Gasteiger partial charge in [0.05, 0.1) is 5.69 Å². The van der Waals surface area contributed by atoms with E-state index in [2.05, 4.69) is 9.97 Å².